The van der Waals surface area contributed by atoms with Crippen LogP contribution in [0.5, 0.6) is 5.75 Å². The summed E-state index contributed by atoms with van der Waals surface area (Å²) < 4.78 is 23.6. The molecule has 1 aromatic rings. The van der Waals surface area contributed by atoms with Gasteiger partial charge in [0.05, 0.1) is 23.4 Å². The molecule has 3 heterocycles. The van der Waals surface area contributed by atoms with Crippen molar-refractivity contribution in [3.63, 3.8) is 0 Å². The molecule has 0 aromatic heterocycles. The molecular weight excluding hydrogens is 363 g/mol. The Morgan fingerprint density at radius 1 is 1.25 bits per heavy atom. The van der Waals surface area contributed by atoms with Gasteiger partial charge in [-0.25, -0.2) is 4.79 Å². The van der Waals surface area contributed by atoms with Crippen LogP contribution < -0.4 is 20.4 Å². The van der Waals surface area contributed by atoms with Crippen LogP contribution in [0, 0.1) is 0 Å². The normalized spacial score (nSPS) is 27.0. The minimum atomic E-state index is -0.505. The number of carbonyl (C=O) groups excluding carboxylic acids is 2. The number of fused-ring (bicyclic) bond motifs is 3. The Hall–Kier alpha value is -2.26. The molecule has 2 amide bonds. The van der Waals surface area contributed by atoms with Gasteiger partial charge < -0.3 is 24.1 Å². The van der Waals surface area contributed by atoms with Gasteiger partial charge in [0.2, 0.25) is 5.91 Å². The van der Waals surface area contributed by atoms with E-state index in [1.165, 1.54) is 6.92 Å². The summed E-state index contributed by atoms with van der Waals surface area (Å²) in [6, 6.07) is 5.27. The Morgan fingerprint density at radius 3 is 2.57 bits per heavy atom. The van der Waals surface area contributed by atoms with Gasteiger partial charge >= 0.3 is 13.2 Å². The maximum absolute atomic E-state index is 12.4. The summed E-state index contributed by atoms with van der Waals surface area (Å²) >= 11 is 0. The van der Waals surface area contributed by atoms with E-state index in [0.29, 0.717) is 11.4 Å². The third kappa shape index (κ3) is 3.02. The molecular formula is C19H25BN2O6. The van der Waals surface area contributed by atoms with E-state index in [0.717, 1.165) is 5.46 Å². The van der Waals surface area contributed by atoms with Gasteiger partial charge in [-0.1, -0.05) is 6.07 Å². The second kappa shape index (κ2) is 6.38. The predicted octanol–water partition coefficient (Wildman–Crippen LogP) is 1.21. The van der Waals surface area contributed by atoms with Crippen molar-refractivity contribution in [3.05, 3.63) is 18.2 Å². The Morgan fingerprint density at radius 2 is 1.93 bits per heavy atom. The molecule has 0 aliphatic carbocycles. The maximum atomic E-state index is 12.4. The van der Waals surface area contributed by atoms with Crippen LogP contribution >= 0.6 is 0 Å². The molecule has 9 heteroatoms. The van der Waals surface area contributed by atoms with Gasteiger partial charge in [-0.05, 0) is 45.3 Å². The lowest BCUT2D eigenvalue weighted by molar-refractivity contribution is -0.119. The second-order valence-corrected chi connectivity index (χ2v) is 8.42. The second-order valence-electron chi connectivity index (χ2n) is 8.42. The molecule has 8 nitrogen and oxygen atoms in total. The summed E-state index contributed by atoms with van der Waals surface area (Å²) in [5.74, 6) is 0.416. The van der Waals surface area contributed by atoms with E-state index in [-0.39, 0.29) is 25.1 Å². The zero-order valence-electron chi connectivity index (χ0n) is 16.8. The van der Waals surface area contributed by atoms with Crippen LogP contribution in [-0.4, -0.2) is 55.6 Å². The van der Waals surface area contributed by atoms with E-state index >= 15 is 0 Å². The van der Waals surface area contributed by atoms with Crippen molar-refractivity contribution in [3.8, 4) is 5.75 Å². The third-order valence-electron chi connectivity index (χ3n) is 5.94. The van der Waals surface area contributed by atoms with Crippen LogP contribution in [0.25, 0.3) is 0 Å². The minimum Gasteiger partial charge on any atom is -0.489 e. The molecule has 2 saturated heterocycles. The first-order chi connectivity index (χ1) is 13.1. The van der Waals surface area contributed by atoms with Crippen LogP contribution in [0.3, 0.4) is 0 Å². The number of nitrogens with one attached hydrogen (secondary N) is 1. The van der Waals surface area contributed by atoms with Gasteiger partial charge in [0, 0.05) is 6.92 Å². The fourth-order valence-corrected chi connectivity index (χ4v) is 3.59. The van der Waals surface area contributed by atoms with E-state index in [1.54, 1.807) is 4.90 Å². The first-order valence-corrected chi connectivity index (χ1v) is 9.46. The summed E-state index contributed by atoms with van der Waals surface area (Å²) in [6.07, 6.45) is -0.888. The summed E-state index contributed by atoms with van der Waals surface area (Å²) in [5.41, 5.74) is 0.606. The summed E-state index contributed by atoms with van der Waals surface area (Å²) in [7, 11) is -0.505. The van der Waals surface area contributed by atoms with E-state index in [9.17, 15) is 9.59 Å². The SMILES string of the molecule is CC(=O)NC[C@@H]1OC(=O)N2c3ccc(B4OC(C)(C)C(C)(C)O4)cc3OC[C@H]12. The van der Waals surface area contributed by atoms with E-state index < -0.39 is 30.5 Å². The highest BCUT2D eigenvalue weighted by Crippen LogP contribution is 2.40. The van der Waals surface area contributed by atoms with Crippen molar-refractivity contribution >= 4 is 30.3 Å². The molecule has 3 aliphatic rings. The van der Waals surface area contributed by atoms with E-state index in [4.69, 9.17) is 18.8 Å². The zero-order chi connectivity index (χ0) is 20.3. The highest BCUT2D eigenvalue weighted by Gasteiger charge is 2.52. The number of rotatable bonds is 3. The Bertz CT molecular complexity index is 811. The number of nitrogens with zero attached hydrogens (tertiary/aromatic N) is 1. The molecule has 1 aromatic carbocycles. The molecule has 0 saturated carbocycles. The molecule has 4 rings (SSSR count). The predicted molar refractivity (Wildman–Crippen MR) is 103 cm³/mol. The zero-order valence-corrected chi connectivity index (χ0v) is 16.8. The van der Waals surface area contributed by atoms with Gasteiger partial charge in [0.15, 0.2) is 0 Å². The average molecular weight is 388 g/mol. The average Bonchev–Trinajstić information content (AvgIpc) is 3.05. The Balaban J connectivity index is 1.56. The molecule has 0 bridgehead atoms. The number of ether oxygens (including phenoxy) is 2. The number of hydrogen-bond acceptors (Lipinski definition) is 6. The van der Waals surface area contributed by atoms with Crippen LogP contribution in [-0.2, 0) is 18.8 Å². The number of anilines is 1. The first kappa shape index (κ1) is 19.1. The highest BCUT2D eigenvalue weighted by atomic mass is 16.7. The smallest absolute Gasteiger partial charge is 0.489 e. The van der Waals surface area contributed by atoms with Crippen LogP contribution in [0.1, 0.15) is 34.6 Å². The third-order valence-corrected chi connectivity index (χ3v) is 5.94. The minimum absolute atomic E-state index is 0.168. The molecule has 2 fully saturated rings. The number of carbonyl (C=O) groups is 2. The first-order valence-electron chi connectivity index (χ1n) is 9.46. The topological polar surface area (TPSA) is 86.3 Å². The number of amides is 2. The fraction of sp³-hybridized carbons (Fsp3) is 0.579. The highest BCUT2D eigenvalue weighted by molar-refractivity contribution is 6.62. The van der Waals surface area contributed by atoms with Crippen LogP contribution in [0.15, 0.2) is 18.2 Å². The lowest BCUT2D eigenvalue weighted by Gasteiger charge is -2.32. The van der Waals surface area contributed by atoms with Gasteiger partial charge in [-0.3, -0.25) is 9.69 Å². The van der Waals surface area contributed by atoms with Crippen molar-refractivity contribution in [1.82, 2.24) is 5.32 Å². The molecule has 1 N–H and O–H groups in total. The van der Waals surface area contributed by atoms with Crippen molar-refractivity contribution in [2.75, 3.05) is 18.1 Å². The van der Waals surface area contributed by atoms with Crippen LogP contribution in [0.4, 0.5) is 10.5 Å². The molecule has 0 spiro atoms. The number of cyclic esters (lactones) is 1. The Kier molecular flexibility index (Phi) is 4.35. The Labute approximate surface area is 164 Å². The molecule has 3 aliphatic heterocycles. The number of benzene rings is 1. The van der Waals surface area contributed by atoms with Crippen molar-refractivity contribution < 1.29 is 28.4 Å². The number of hydrogen-bond donors (Lipinski definition) is 1. The molecule has 2 atom stereocenters. The molecule has 0 unspecified atom stereocenters. The van der Waals surface area contributed by atoms with E-state index in [1.807, 2.05) is 45.9 Å². The molecule has 150 valence electrons. The standard InChI is InChI=1S/C19H25BN2O6/c1-11(23)21-9-16-14-10-25-15-8-12(6-7-13(15)22(14)17(24)26-16)20-27-18(2,3)19(4,5)28-20/h6-8,14,16H,9-10H2,1-5H3,(H,21,23)/t14-,16+/m1/s1. The van der Waals surface area contributed by atoms with Crippen molar-refractivity contribution in [2.24, 2.45) is 0 Å². The van der Waals surface area contributed by atoms with Crippen molar-refractivity contribution in [1.29, 1.82) is 0 Å². The fourth-order valence-electron chi connectivity index (χ4n) is 3.59. The van der Waals surface area contributed by atoms with Gasteiger partial charge in [-0.15, -0.1) is 0 Å². The monoisotopic (exact) mass is 388 g/mol. The van der Waals surface area contributed by atoms with Gasteiger partial charge in [-0.2, -0.15) is 0 Å². The molecule has 0 radical (unpaired) electrons. The largest absolute Gasteiger partial charge is 0.494 e. The summed E-state index contributed by atoms with van der Waals surface area (Å²) in [5, 5.41) is 2.70. The van der Waals surface area contributed by atoms with Crippen molar-refractivity contribution in [2.45, 2.75) is 58.0 Å². The van der Waals surface area contributed by atoms with Gasteiger partial charge in [0.25, 0.3) is 0 Å². The summed E-state index contributed by atoms with van der Waals surface area (Å²) in [6.45, 7) is 9.98. The van der Waals surface area contributed by atoms with E-state index in [2.05, 4.69) is 5.32 Å². The lowest BCUT2D eigenvalue weighted by Crippen LogP contribution is -2.48. The summed E-state index contributed by atoms with van der Waals surface area (Å²) in [4.78, 5) is 25.2. The van der Waals surface area contributed by atoms with Gasteiger partial charge in [0.1, 0.15) is 24.5 Å². The van der Waals surface area contributed by atoms with Crippen LogP contribution in [0.2, 0.25) is 0 Å². The quantitative estimate of drug-likeness (QED) is 0.784. The lowest BCUT2D eigenvalue weighted by atomic mass is 9.78. The maximum Gasteiger partial charge on any atom is 0.494 e. The molecule has 28 heavy (non-hydrogen) atoms.